The van der Waals surface area contributed by atoms with Gasteiger partial charge in [-0.05, 0) is 18.1 Å². The van der Waals surface area contributed by atoms with Gasteiger partial charge in [0.2, 0.25) is 0 Å². The minimum absolute atomic E-state index is 0.225. The Balaban J connectivity index is 1.55. The van der Waals surface area contributed by atoms with Crippen molar-refractivity contribution in [1.82, 2.24) is 19.4 Å². The molecule has 4 rings (SSSR count). The molecule has 0 bridgehead atoms. The van der Waals surface area contributed by atoms with E-state index in [1.165, 1.54) is 27.7 Å². The summed E-state index contributed by atoms with van der Waals surface area (Å²) in [4.78, 5) is 11.8. The predicted molar refractivity (Wildman–Crippen MR) is 108 cm³/mol. The van der Waals surface area contributed by atoms with Gasteiger partial charge in [0.1, 0.15) is 5.82 Å². The molecule has 0 unspecified atom stereocenters. The van der Waals surface area contributed by atoms with Crippen LogP contribution in [0.4, 0.5) is 0 Å². The zero-order valence-electron chi connectivity index (χ0n) is 16.2. The molecule has 0 spiro atoms. The van der Waals surface area contributed by atoms with Crippen LogP contribution in [0.2, 0.25) is 0 Å². The van der Waals surface area contributed by atoms with Gasteiger partial charge in [-0.25, -0.2) is 9.97 Å². The molecule has 0 atom stereocenters. The maximum Gasteiger partial charge on any atom is 0.131 e. The fourth-order valence-electron chi connectivity index (χ4n) is 3.92. The second-order valence-corrected chi connectivity index (χ2v) is 7.76. The highest BCUT2D eigenvalue weighted by Crippen LogP contribution is 2.26. The van der Waals surface area contributed by atoms with E-state index in [0.29, 0.717) is 5.92 Å². The van der Waals surface area contributed by atoms with E-state index in [9.17, 15) is 5.11 Å². The molecule has 1 aromatic carbocycles. The summed E-state index contributed by atoms with van der Waals surface area (Å²) < 4.78 is 2.27. The topological polar surface area (TPSA) is 54.2 Å². The average Bonchev–Trinajstić information content (AvgIpc) is 3.03. The maximum absolute atomic E-state index is 9.18. The van der Waals surface area contributed by atoms with Crippen molar-refractivity contribution in [3.63, 3.8) is 0 Å². The maximum atomic E-state index is 9.18. The highest BCUT2D eigenvalue weighted by atomic mass is 16.3. The molecule has 142 valence electrons. The summed E-state index contributed by atoms with van der Waals surface area (Å²) in [5, 5.41) is 10.5. The van der Waals surface area contributed by atoms with Gasteiger partial charge in [0.05, 0.1) is 0 Å². The Bertz CT molecular complexity index is 931. The highest BCUT2D eigenvalue weighted by molar-refractivity contribution is 5.83. The van der Waals surface area contributed by atoms with Crippen LogP contribution in [0.1, 0.15) is 48.8 Å². The van der Waals surface area contributed by atoms with Crippen LogP contribution in [0.25, 0.3) is 10.9 Å². The van der Waals surface area contributed by atoms with Crippen molar-refractivity contribution < 1.29 is 5.11 Å². The smallest absolute Gasteiger partial charge is 0.131 e. The number of aliphatic hydroxyl groups is 1. The van der Waals surface area contributed by atoms with E-state index >= 15 is 0 Å². The molecule has 0 saturated heterocycles. The number of aryl methyl sites for hydroxylation is 1. The SMILES string of the molecule is CC(C)c1ncc2c(n1)CCN(Cc1cn(CCCO)c3ccccc13)C2. The first kappa shape index (κ1) is 18.1. The van der Waals surface area contributed by atoms with Gasteiger partial charge in [0.25, 0.3) is 0 Å². The van der Waals surface area contributed by atoms with Crippen molar-refractivity contribution in [3.05, 3.63) is 59.3 Å². The van der Waals surface area contributed by atoms with Gasteiger partial charge in [-0.1, -0.05) is 32.0 Å². The van der Waals surface area contributed by atoms with E-state index in [-0.39, 0.29) is 6.61 Å². The van der Waals surface area contributed by atoms with Crippen molar-refractivity contribution in [3.8, 4) is 0 Å². The van der Waals surface area contributed by atoms with Crippen molar-refractivity contribution >= 4 is 10.9 Å². The zero-order valence-corrected chi connectivity index (χ0v) is 16.2. The van der Waals surface area contributed by atoms with Gasteiger partial charge in [0.15, 0.2) is 0 Å². The van der Waals surface area contributed by atoms with Crippen LogP contribution in [-0.2, 0) is 26.1 Å². The van der Waals surface area contributed by atoms with Crippen LogP contribution in [0.3, 0.4) is 0 Å². The molecule has 0 aliphatic carbocycles. The summed E-state index contributed by atoms with van der Waals surface area (Å²) in [5.41, 5.74) is 5.08. The third-order valence-corrected chi connectivity index (χ3v) is 5.37. The Morgan fingerprint density at radius 2 is 2.07 bits per heavy atom. The Kier molecular flexibility index (Phi) is 5.23. The number of hydrogen-bond donors (Lipinski definition) is 1. The number of fused-ring (bicyclic) bond motifs is 2. The molecule has 1 aliphatic heterocycles. The van der Waals surface area contributed by atoms with E-state index in [1.807, 2.05) is 6.20 Å². The largest absolute Gasteiger partial charge is 0.396 e. The van der Waals surface area contributed by atoms with Crippen LogP contribution in [0.5, 0.6) is 0 Å². The van der Waals surface area contributed by atoms with Gasteiger partial charge in [-0.2, -0.15) is 0 Å². The van der Waals surface area contributed by atoms with Crippen molar-refractivity contribution in [2.45, 2.75) is 52.2 Å². The van der Waals surface area contributed by atoms with Crippen molar-refractivity contribution in [1.29, 1.82) is 0 Å². The lowest BCUT2D eigenvalue weighted by Crippen LogP contribution is -2.31. The standard InChI is InChI=1S/C22H28N4O/c1-16(2)22-23-12-17-13-25(10-8-20(17)24-22)14-18-15-26(9-5-11-27)21-7-4-3-6-19(18)21/h3-4,6-7,12,15-16,27H,5,8-11,13-14H2,1-2H3. The molecule has 0 radical (unpaired) electrons. The van der Waals surface area contributed by atoms with Gasteiger partial charge in [0, 0.05) is 79.7 Å². The molecule has 0 fully saturated rings. The zero-order chi connectivity index (χ0) is 18.8. The monoisotopic (exact) mass is 364 g/mol. The van der Waals surface area contributed by atoms with E-state index in [4.69, 9.17) is 4.98 Å². The first-order valence-electron chi connectivity index (χ1n) is 9.90. The first-order chi connectivity index (χ1) is 13.2. The second kappa shape index (κ2) is 7.79. The predicted octanol–water partition coefficient (Wildman–Crippen LogP) is 3.50. The van der Waals surface area contributed by atoms with E-state index in [0.717, 1.165) is 44.8 Å². The molecular formula is C22H28N4O. The van der Waals surface area contributed by atoms with Crippen LogP contribution >= 0.6 is 0 Å². The van der Waals surface area contributed by atoms with Gasteiger partial charge in [-0.15, -0.1) is 0 Å². The molecule has 0 amide bonds. The molecule has 1 aliphatic rings. The second-order valence-electron chi connectivity index (χ2n) is 7.76. The Morgan fingerprint density at radius 3 is 2.89 bits per heavy atom. The van der Waals surface area contributed by atoms with Gasteiger partial charge >= 0.3 is 0 Å². The molecule has 3 heterocycles. The van der Waals surface area contributed by atoms with E-state index in [1.54, 1.807) is 0 Å². The lowest BCUT2D eigenvalue weighted by Gasteiger charge is -2.28. The third-order valence-electron chi connectivity index (χ3n) is 5.37. The lowest BCUT2D eigenvalue weighted by atomic mass is 10.1. The minimum atomic E-state index is 0.225. The number of rotatable bonds is 6. The van der Waals surface area contributed by atoms with Gasteiger partial charge in [-0.3, -0.25) is 4.90 Å². The van der Waals surface area contributed by atoms with Crippen LogP contribution in [0.15, 0.2) is 36.7 Å². The summed E-state index contributed by atoms with van der Waals surface area (Å²) in [6.07, 6.45) is 6.05. The lowest BCUT2D eigenvalue weighted by molar-refractivity contribution is 0.243. The van der Waals surface area contributed by atoms with E-state index < -0.39 is 0 Å². The minimum Gasteiger partial charge on any atom is -0.396 e. The molecule has 5 nitrogen and oxygen atoms in total. The Labute approximate surface area is 160 Å². The first-order valence-corrected chi connectivity index (χ1v) is 9.90. The molecule has 0 saturated carbocycles. The number of aliphatic hydroxyl groups excluding tert-OH is 1. The van der Waals surface area contributed by atoms with E-state index in [2.05, 4.69) is 58.8 Å². The van der Waals surface area contributed by atoms with Crippen LogP contribution in [0, 0.1) is 0 Å². The average molecular weight is 364 g/mol. The summed E-state index contributed by atoms with van der Waals surface area (Å²) >= 11 is 0. The third kappa shape index (κ3) is 3.75. The number of benzene rings is 1. The molecule has 2 aromatic heterocycles. The fourth-order valence-corrected chi connectivity index (χ4v) is 3.92. The molecule has 27 heavy (non-hydrogen) atoms. The van der Waals surface area contributed by atoms with Gasteiger partial charge < -0.3 is 9.67 Å². The Morgan fingerprint density at radius 1 is 1.22 bits per heavy atom. The van der Waals surface area contributed by atoms with Crippen LogP contribution in [-0.4, -0.2) is 37.7 Å². The number of nitrogens with zero attached hydrogens (tertiary/aromatic N) is 4. The number of para-hydroxylation sites is 1. The normalized spacial score (nSPS) is 14.8. The van der Waals surface area contributed by atoms with Crippen LogP contribution < -0.4 is 0 Å². The number of aromatic nitrogens is 3. The van der Waals surface area contributed by atoms with Crippen molar-refractivity contribution in [2.75, 3.05) is 13.2 Å². The molecular weight excluding hydrogens is 336 g/mol. The molecule has 1 N–H and O–H groups in total. The summed E-state index contributed by atoms with van der Waals surface area (Å²) in [7, 11) is 0. The highest BCUT2D eigenvalue weighted by Gasteiger charge is 2.20. The fraction of sp³-hybridized carbons (Fsp3) is 0.455. The summed E-state index contributed by atoms with van der Waals surface area (Å²) in [5.74, 6) is 1.33. The molecule has 3 aromatic rings. The quantitative estimate of drug-likeness (QED) is 0.727. The molecule has 5 heteroatoms. The Hall–Kier alpha value is -2.24. The summed E-state index contributed by atoms with van der Waals surface area (Å²) in [6.45, 7) is 8.22. The van der Waals surface area contributed by atoms with Crippen molar-refractivity contribution in [2.24, 2.45) is 0 Å². The number of hydrogen-bond acceptors (Lipinski definition) is 4. The summed E-state index contributed by atoms with van der Waals surface area (Å²) in [6, 6.07) is 8.57.